The van der Waals surface area contributed by atoms with Crippen LogP contribution in [0, 0.1) is 0 Å². The molecule has 1 radical (unpaired) electrons. The van der Waals surface area contributed by atoms with Gasteiger partial charge in [0.25, 0.3) is 0 Å². The molecule has 0 spiro atoms. The maximum Gasteiger partial charge on any atom is 1.00 e. The first-order valence-electron chi connectivity index (χ1n) is 0. The molecule has 0 fully saturated rings. The van der Waals surface area contributed by atoms with Crippen LogP contribution in [0.1, 0.15) is 0 Å². The van der Waals surface area contributed by atoms with Gasteiger partial charge >= 0.3 is 23.1 Å². The summed E-state index contributed by atoms with van der Waals surface area (Å²) < 4.78 is 0. The van der Waals surface area contributed by atoms with Crippen LogP contribution in [0.5, 0.6) is 0 Å². The zero-order chi connectivity index (χ0) is 0. The molecule has 0 aromatic heterocycles. The fraction of sp³-hybridized carbons (Fsp3) is 0. The van der Waals surface area contributed by atoms with Gasteiger partial charge in [0, 0.05) is 0 Å². The molecule has 6 N–H and O–H groups in total. The Hall–Kier alpha value is 0.646. The van der Waals surface area contributed by atoms with Crippen molar-refractivity contribution in [1.82, 2.24) is 6.15 Å². The topological polar surface area (TPSA) is 96.5 Å². The summed E-state index contributed by atoms with van der Waals surface area (Å²) in [5.41, 5.74) is 0. The van der Waals surface area contributed by atoms with Gasteiger partial charge < -0.3 is 17.1 Å². The number of rotatable bonds is 0. The van der Waals surface area contributed by atoms with Gasteiger partial charge in [0.2, 0.25) is 0 Å². The van der Waals surface area contributed by atoms with Crippen LogP contribution in [0.3, 0.4) is 0 Å². The molecule has 4 heavy (non-hydrogen) atoms. The molecule has 0 saturated carbocycles. The third-order valence-electron chi connectivity index (χ3n) is 0. The van der Waals surface area contributed by atoms with E-state index in [2.05, 4.69) is 0 Å². The van der Waals surface area contributed by atoms with Crippen molar-refractivity contribution in [3.8, 4) is 0 Å². The molecular weight excluding hydrogens is 70.3 g/mol. The zero-order valence-electron chi connectivity index (χ0n) is 2.36. The SMILES string of the molecule is N.O.[Mg+].[OH-]. The average Bonchev–Trinajstić information content (AvgIpc) is 0. The summed E-state index contributed by atoms with van der Waals surface area (Å²) in [4.78, 5) is 0. The fourth-order valence-corrected chi connectivity index (χ4v) is 0. The molecule has 0 aliphatic heterocycles. The molecule has 0 heterocycles. The summed E-state index contributed by atoms with van der Waals surface area (Å²) in [5, 5.41) is 0. The van der Waals surface area contributed by atoms with Gasteiger partial charge in [-0.05, 0) is 0 Å². The Balaban J connectivity index is 0. The van der Waals surface area contributed by atoms with Crippen LogP contribution in [-0.2, 0) is 0 Å². The van der Waals surface area contributed by atoms with Crippen molar-refractivity contribution in [1.29, 1.82) is 0 Å². The molecule has 0 bridgehead atoms. The van der Waals surface area contributed by atoms with Crippen LogP contribution < -0.4 is 6.15 Å². The van der Waals surface area contributed by atoms with Gasteiger partial charge in [0.15, 0.2) is 0 Å². The van der Waals surface area contributed by atoms with Crippen molar-refractivity contribution in [2.75, 3.05) is 0 Å². The normalized spacial score (nSPS) is 0. The molecule has 3 nitrogen and oxygen atoms in total. The first-order valence-corrected chi connectivity index (χ1v) is 0. The van der Waals surface area contributed by atoms with E-state index in [9.17, 15) is 0 Å². The largest absolute Gasteiger partial charge is 1.00 e. The minimum atomic E-state index is 0. The van der Waals surface area contributed by atoms with Gasteiger partial charge in [-0.25, -0.2) is 0 Å². The Morgan fingerprint density at radius 3 is 1.00 bits per heavy atom. The monoisotopic (exact) mass is 76.0 g/mol. The third-order valence-corrected chi connectivity index (χ3v) is 0. The van der Waals surface area contributed by atoms with Crippen molar-refractivity contribution < 1.29 is 11.0 Å². The van der Waals surface area contributed by atoms with E-state index in [0.29, 0.717) is 0 Å². The minimum Gasteiger partial charge on any atom is -0.870 e. The summed E-state index contributed by atoms with van der Waals surface area (Å²) in [5.74, 6) is 0. The summed E-state index contributed by atoms with van der Waals surface area (Å²) >= 11 is 0. The summed E-state index contributed by atoms with van der Waals surface area (Å²) in [6.45, 7) is 0. The molecule has 25 valence electrons. The molecular formula is H6MgNO2. The van der Waals surface area contributed by atoms with Crippen LogP contribution in [-0.4, -0.2) is 34.0 Å². The average molecular weight is 76.4 g/mol. The van der Waals surface area contributed by atoms with E-state index in [4.69, 9.17) is 0 Å². The van der Waals surface area contributed by atoms with E-state index in [1.807, 2.05) is 0 Å². The van der Waals surface area contributed by atoms with Gasteiger partial charge in [-0.1, -0.05) is 0 Å². The molecule has 0 aromatic carbocycles. The molecule has 0 saturated heterocycles. The van der Waals surface area contributed by atoms with E-state index in [1.54, 1.807) is 0 Å². The van der Waals surface area contributed by atoms with Crippen LogP contribution in [0.15, 0.2) is 0 Å². The van der Waals surface area contributed by atoms with Gasteiger partial charge in [-0.2, -0.15) is 0 Å². The molecule has 0 rings (SSSR count). The predicted octanol–water partition coefficient (Wildman–Crippen LogP) is -1.22. The van der Waals surface area contributed by atoms with Crippen LogP contribution in [0.4, 0.5) is 0 Å². The number of hydrogen-bond acceptors (Lipinski definition) is 2. The second-order valence-corrected chi connectivity index (χ2v) is 0. The van der Waals surface area contributed by atoms with E-state index < -0.39 is 0 Å². The molecule has 0 unspecified atom stereocenters. The van der Waals surface area contributed by atoms with Crippen molar-refractivity contribution in [2.24, 2.45) is 0 Å². The molecule has 0 aliphatic carbocycles. The Morgan fingerprint density at radius 1 is 1.00 bits per heavy atom. The quantitative estimate of drug-likeness (QED) is 0.366. The van der Waals surface area contributed by atoms with Crippen LogP contribution in [0.25, 0.3) is 0 Å². The van der Waals surface area contributed by atoms with Crippen molar-refractivity contribution in [2.45, 2.75) is 0 Å². The van der Waals surface area contributed by atoms with Crippen LogP contribution >= 0.6 is 0 Å². The first kappa shape index (κ1) is 148. The predicted molar refractivity (Wildman–Crippen MR) is 16.3 cm³/mol. The van der Waals surface area contributed by atoms with E-state index in [1.165, 1.54) is 0 Å². The van der Waals surface area contributed by atoms with E-state index in [0.717, 1.165) is 0 Å². The maximum atomic E-state index is 0. The first-order chi connectivity index (χ1) is 0. The van der Waals surface area contributed by atoms with Gasteiger partial charge in [-0.3, -0.25) is 0 Å². The Labute approximate surface area is 40.7 Å². The molecule has 0 amide bonds. The molecule has 0 atom stereocenters. The standard InChI is InChI=1S/Mg.H3N.2H2O/h;1H3;2*1H2/q+1;;;/p-1. The summed E-state index contributed by atoms with van der Waals surface area (Å²) in [7, 11) is 0. The van der Waals surface area contributed by atoms with E-state index in [-0.39, 0.29) is 40.2 Å². The number of hydrogen-bond donors (Lipinski definition) is 1. The van der Waals surface area contributed by atoms with Crippen molar-refractivity contribution in [3.05, 3.63) is 0 Å². The summed E-state index contributed by atoms with van der Waals surface area (Å²) in [6, 6.07) is 0. The fourth-order valence-electron chi connectivity index (χ4n) is 0. The Kier molecular flexibility index (Phi) is 2260. The molecule has 0 aromatic rings. The Morgan fingerprint density at radius 2 is 1.00 bits per heavy atom. The second-order valence-electron chi connectivity index (χ2n) is 0. The zero-order valence-corrected chi connectivity index (χ0v) is 3.78. The third kappa shape index (κ3) is 17.2. The second kappa shape index (κ2) is 61.1. The van der Waals surface area contributed by atoms with Crippen LogP contribution in [0.2, 0.25) is 0 Å². The summed E-state index contributed by atoms with van der Waals surface area (Å²) in [6.07, 6.45) is 0. The van der Waals surface area contributed by atoms with Gasteiger partial charge in [-0.15, -0.1) is 0 Å². The smallest absolute Gasteiger partial charge is 0.870 e. The van der Waals surface area contributed by atoms with Gasteiger partial charge in [0.1, 0.15) is 0 Å². The molecule has 4 heteroatoms. The van der Waals surface area contributed by atoms with Crippen molar-refractivity contribution >= 4 is 23.1 Å². The maximum absolute atomic E-state index is 0. The minimum absolute atomic E-state index is 0. The van der Waals surface area contributed by atoms with Gasteiger partial charge in [0.05, 0.1) is 0 Å². The molecule has 0 aliphatic rings. The van der Waals surface area contributed by atoms with Crippen molar-refractivity contribution in [3.63, 3.8) is 0 Å². The van der Waals surface area contributed by atoms with E-state index >= 15 is 0 Å². The Bertz CT molecular complexity index is 6.00.